The average molecular weight is 412 g/mol. The van der Waals surface area contributed by atoms with Crippen molar-refractivity contribution in [3.8, 4) is 10.4 Å². The summed E-state index contributed by atoms with van der Waals surface area (Å²) in [6, 6.07) is 24.9. The Hall–Kier alpha value is -2.75. The molecule has 0 unspecified atom stereocenters. The highest BCUT2D eigenvalue weighted by molar-refractivity contribution is 7.22. The van der Waals surface area contributed by atoms with Crippen molar-refractivity contribution < 1.29 is 4.79 Å². The van der Waals surface area contributed by atoms with Gasteiger partial charge >= 0.3 is 0 Å². The van der Waals surface area contributed by atoms with Crippen molar-refractivity contribution in [2.45, 2.75) is 26.3 Å². The minimum absolute atomic E-state index is 0.107. The van der Waals surface area contributed by atoms with Crippen LogP contribution >= 0.6 is 11.3 Å². The molecule has 150 valence electrons. The Balaban J connectivity index is 1.52. The third-order valence-electron chi connectivity index (χ3n) is 5.96. The van der Waals surface area contributed by atoms with E-state index in [0.717, 1.165) is 38.2 Å². The summed E-state index contributed by atoms with van der Waals surface area (Å²) in [5.74, 6) is 0.107. The standard InChI is InChI=1S/C27H25NOS/c1-19-8-12-22(13-9-19)27-25(23-6-2-3-7-24(23)30-27)26(29)21-14-10-20(11-15-21)18-28-16-4-5-17-28/h2-3,6-15H,4-5,16-18H2,1H3. The van der Waals surface area contributed by atoms with Gasteiger partial charge in [0.1, 0.15) is 0 Å². The number of carbonyl (C=O) groups is 1. The number of nitrogens with zero attached hydrogens (tertiary/aromatic N) is 1. The molecule has 1 aliphatic rings. The van der Waals surface area contributed by atoms with E-state index in [1.807, 2.05) is 24.3 Å². The van der Waals surface area contributed by atoms with Crippen LogP contribution in [0.15, 0.2) is 72.8 Å². The highest BCUT2D eigenvalue weighted by atomic mass is 32.1. The number of thiophene rings is 1. The molecule has 5 rings (SSSR count). The van der Waals surface area contributed by atoms with E-state index in [-0.39, 0.29) is 5.78 Å². The van der Waals surface area contributed by atoms with Gasteiger partial charge in [-0.2, -0.15) is 0 Å². The third-order valence-corrected chi connectivity index (χ3v) is 7.18. The first-order valence-corrected chi connectivity index (χ1v) is 11.5. The Morgan fingerprint density at radius 3 is 2.33 bits per heavy atom. The van der Waals surface area contributed by atoms with Gasteiger partial charge in [-0.25, -0.2) is 0 Å². The van der Waals surface area contributed by atoms with Crippen LogP contribution < -0.4 is 0 Å². The molecule has 0 amide bonds. The molecule has 1 aliphatic heterocycles. The summed E-state index contributed by atoms with van der Waals surface area (Å²) in [6.45, 7) is 5.43. The minimum atomic E-state index is 0.107. The summed E-state index contributed by atoms with van der Waals surface area (Å²) >= 11 is 1.70. The number of carbonyl (C=O) groups excluding carboxylic acids is 1. The van der Waals surface area contributed by atoms with Crippen molar-refractivity contribution >= 4 is 27.2 Å². The molecule has 2 heterocycles. The fraction of sp³-hybridized carbons (Fsp3) is 0.222. The second kappa shape index (κ2) is 8.17. The monoisotopic (exact) mass is 411 g/mol. The van der Waals surface area contributed by atoms with Crippen LogP contribution in [-0.2, 0) is 6.54 Å². The van der Waals surface area contributed by atoms with E-state index in [1.165, 1.54) is 37.1 Å². The molecule has 0 bridgehead atoms. The third kappa shape index (κ3) is 3.71. The summed E-state index contributed by atoms with van der Waals surface area (Å²) in [6.07, 6.45) is 2.59. The van der Waals surface area contributed by atoms with E-state index < -0.39 is 0 Å². The SMILES string of the molecule is Cc1ccc(-c2sc3ccccc3c2C(=O)c2ccc(CN3CCCC3)cc2)cc1. The first-order valence-electron chi connectivity index (χ1n) is 10.6. The Kier molecular flexibility index (Phi) is 5.24. The van der Waals surface area contributed by atoms with E-state index in [0.29, 0.717) is 0 Å². The fourth-order valence-electron chi connectivity index (χ4n) is 4.28. The van der Waals surface area contributed by atoms with E-state index >= 15 is 0 Å². The van der Waals surface area contributed by atoms with Crippen LogP contribution in [0.4, 0.5) is 0 Å². The number of likely N-dealkylation sites (tertiary alicyclic amines) is 1. The second-order valence-electron chi connectivity index (χ2n) is 8.18. The van der Waals surface area contributed by atoms with Crippen molar-refractivity contribution in [1.82, 2.24) is 4.90 Å². The van der Waals surface area contributed by atoms with Crippen LogP contribution in [0.5, 0.6) is 0 Å². The first kappa shape index (κ1) is 19.2. The molecule has 0 atom stereocenters. The summed E-state index contributed by atoms with van der Waals surface area (Å²) in [5, 5.41) is 1.05. The largest absolute Gasteiger partial charge is 0.299 e. The average Bonchev–Trinajstić information content (AvgIpc) is 3.42. The lowest BCUT2D eigenvalue weighted by atomic mass is 9.96. The number of rotatable bonds is 5. The lowest BCUT2D eigenvalue weighted by Gasteiger charge is -2.14. The predicted molar refractivity (Wildman–Crippen MR) is 126 cm³/mol. The summed E-state index contributed by atoms with van der Waals surface area (Å²) in [7, 11) is 0. The zero-order valence-corrected chi connectivity index (χ0v) is 18.0. The molecule has 0 saturated carbocycles. The van der Waals surface area contributed by atoms with Gasteiger partial charge in [0.05, 0.1) is 0 Å². The van der Waals surface area contributed by atoms with Gasteiger partial charge < -0.3 is 0 Å². The van der Waals surface area contributed by atoms with Crippen LogP contribution in [0.25, 0.3) is 20.5 Å². The molecule has 1 fully saturated rings. The molecule has 0 radical (unpaired) electrons. The Morgan fingerprint density at radius 1 is 0.900 bits per heavy atom. The molecular formula is C27H25NOS. The minimum Gasteiger partial charge on any atom is -0.299 e. The van der Waals surface area contributed by atoms with Gasteiger partial charge in [0.2, 0.25) is 0 Å². The molecule has 0 spiro atoms. The van der Waals surface area contributed by atoms with Crippen molar-refractivity contribution in [2.24, 2.45) is 0 Å². The number of benzene rings is 3. The van der Waals surface area contributed by atoms with E-state index in [2.05, 4.69) is 60.4 Å². The molecular weight excluding hydrogens is 386 g/mol. The molecule has 30 heavy (non-hydrogen) atoms. The van der Waals surface area contributed by atoms with Gasteiger partial charge in [0.15, 0.2) is 5.78 Å². The molecule has 0 N–H and O–H groups in total. The van der Waals surface area contributed by atoms with Gasteiger partial charge in [-0.3, -0.25) is 9.69 Å². The second-order valence-corrected chi connectivity index (χ2v) is 9.23. The quantitative estimate of drug-likeness (QED) is 0.340. The maximum Gasteiger partial charge on any atom is 0.195 e. The zero-order valence-electron chi connectivity index (χ0n) is 17.2. The van der Waals surface area contributed by atoms with E-state index in [9.17, 15) is 4.79 Å². The summed E-state index contributed by atoms with van der Waals surface area (Å²) in [4.78, 5) is 17.2. The normalized spacial score (nSPS) is 14.4. The van der Waals surface area contributed by atoms with Crippen molar-refractivity contribution in [3.05, 3.63) is 95.1 Å². The van der Waals surface area contributed by atoms with Crippen LogP contribution in [0.1, 0.15) is 39.9 Å². The lowest BCUT2D eigenvalue weighted by Crippen LogP contribution is -2.18. The van der Waals surface area contributed by atoms with Crippen LogP contribution in [0, 0.1) is 6.92 Å². The van der Waals surface area contributed by atoms with Crippen LogP contribution in [0.2, 0.25) is 0 Å². The fourth-order valence-corrected chi connectivity index (χ4v) is 5.49. The lowest BCUT2D eigenvalue weighted by molar-refractivity contribution is 0.104. The van der Waals surface area contributed by atoms with Gasteiger partial charge in [-0.15, -0.1) is 11.3 Å². The number of hydrogen-bond donors (Lipinski definition) is 0. The smallest absolute Gasteiger partial charge is 0.195 e. The molecule has 1 saturated heterocycles. The molecule has 4 aromatic rings. The number of hydrogen-bond acceptors (Lipinski definition) is 3. The van der Waals surface area contributed by atoms with Crippen LogP contribution in [-0.4, -0.2) is 23.8 Å². The predicted octanol–water partition coefficient (Wildman–Crippen LogP) is 6.70. The van der Waals surface area contributed by atoms with Gasteiger partial charge in [-0.1, -0.05) is 72.3 Å². The van der Waals surface area contributed by atoms with Gasteiger partial charge in [-0.05, 0) is 50.0 Å². The van der Waals surface area contributed by atoms with Crippen molar-refractivity contribution in [2.75, 3.05) is 13.1 Å². The zero-order chi connectivity index (χ0) is 20.5. The van der Waals surface area contributed by atoms with Crippen molar-refractivity contribution in [1.29, 1.82) is 0 Å². The van der Waals surface area contributed by atoms with E-state index in [1.54, 1.807) is 11.3 Å². The summed E-state index contributed by atoms with van der Waals surface area (Å²) < 4.78 is 1.15. The molecule has 3 aromatic carbocycles. The van der Waals surface area contributed by atoms with E-state index in [4.69, 9.17) is 0 Å². The van der Waals surface area contributed by atoms with Gasteiger partial charge in [0, 0.05) is 32.6 Å². The van der Waals surface area contributed by atoms with Crippen molar-refractivity contribution in [3.63, 3.8) is 0 Å². The highest BCUT2D eigenvalue weighted by Gasteiger charge is 2.21. The number of aryl methyl sites for hydroxylation is 1. The Labute approximate surface area is 181 Å². The molecule has 3 heteroatoms. The highest BCUT2D eigenvalue weighted by Crippen LogP contribution is 2.39. The molecule has 0 aliphatic carbocycles. The first-order chi connectivity index (χ1) is 14.7. The maximum atomic E-state index is 13.6. The Morgan fingerprint density at radius 2 is 1.60 bits per heavy atom. The maximum absolute atomic E-state index is 13.6. The Bertz CT molecular complexity index is 1180. The number of fused-ring (bicyclic) bond motifs is 1. The van der Waals surface area contributed by atoms with Gasteiger partial charge in [0.25, 0.3) is 0 Å². The molecule has 2 nitrogen and oxygen atoms in total. The number of ketones is 1. The molecule has 1 aromatic heterocycles. The summed E-state index contributed by atoms with van der Waals surface area (Å²) in [5.41, 5.74) is 5.20. The topological polar surface area (TPSA) is 20.3 Å². The van der Waals surface area contributed by atoms with Crippen LogP contribution in [0.3, 0.4) is 0 Å².